The molecule has 0 aliphatic carbocycles. The van der Waals surface area contributed by atoms with Crippen molar-refractivity contribution >= 4 is 22.5 Å². The van der Waals surface area contributed by atoms with Crippen molar-refractivity contribution in [1.82, 2.24) is 9.97 Å². The Morgan fingerprint density at radius 1 is 1.25 bits per heavy atom. The highest BCUT2D eigenvalue weighted by Crippen LogP contribution is 2.42. The number of ether oxygens (including phenoxy) is 2. The van der Waals surface area contributed by atoms with Gasteiger partial charge in [0.2, 0.25) is 5.88 Å². The van der Waals surface area contributed by atoms with E-state index < -0.39 is 5.91 Å². The quantitative estimate of drug-likeness (QED) is 0.704. The standard InChI is InChI=1S/C16H12N4O4/c21-15(9-2-1-3-17-8-9)20-19-14-10-6-12-13(24-5-4-23-12)7-11(10)18-16(14)22/h1-3,6-8,18,22H,4-5H2. The molecule has 8 nitrogen and oxygen atoms in total. The summed E-state index contributed by atoms with van der Waals surface area (Å²) >= 11 is 0. The molecule has 1 aliphatic heterocycles. The van der Waals surface area contributed by atoms with Crippen LogP contribution in [0.5, 0.6) is 17.4 Å². The summed E-state index contributed by atoms with van der Waals surface area (Å²) < 4.78 is 11.0. The summed E-state index contributed by atoms with van der Waals surface area (Å²) in [5.74, 6) is 0.414. The van der Waals surface area contributed by atoms with E-state index in [2.05, 4.69) is 20.2 Å². The first kappa shape index (κ1) is 14.2. The third-order valence-electron chi connectivity index (χ3n) is 3.56. The van der Waals surface area contributed by atoms with E-state index >= 15 is 0 Å². The fourth-order valence-electron chi connectivity index (χ4n) is 2.45. The Bertz CT molecular complexity index is 950. The summed E-state index contributed by atoms with van der Waals surface area (Å²) in [6, 6.07) is 6.63. The first-order valence-electron chi connectivity index (χ1n) is 7.23. The normalized spacial score (nSPS) is 13.5. The molecule has 24 heavy (non-hydrogen) atoms. The highest BCUT2D eigenvalue weighted by molar-refractivity contribution is 5.98. The highest BCUT2D eigenvalue weighted by Gasteiger charge is 2.18. The van der Waals surface area contributed by atoms with Crippen molar-refractivity contribution in [3.8, 4) is 17.4 Å². The monoisotopic (exact) mass is 324 g/mol. The molecule has 8 heteroatoms. The van der Waals surface area contributed by atoms with Crippen molar-refractivity contribution in [2.45, 2.75) is 0 Å². The van der Waals surface area contributed by atoms with E-state index in [-0.39, 0.29) is 11.6 Å². The zero-order valence-electron chi connectivity index (χ0n) is 12.4. The van der Waals surface area contributed by atoms with Crippen molar-refractivity contribution in [3.05, 3.63) is 42.2 Å². The molecule has 1 aromatic carbocycles. The van der Waals surface area contributed by atoms with Crippen LogP contribution < -0.4 is 9.47 Å². The molecule has 0 unspecified atom stereocenters. The van der Waals surface area contributed by atoms with Gasteiger partial charge < -0.3 is 19.6 Å². The van der Waals surface area contributed by atoms with Gasteiger partial charge in [-0.1, -0.05) is 0 Å². The van der Waals surface area contributed by atoms with E-state index in [1.165, 1.54) is 6.20 Å². The van der Waals surface area contributed by atoms with Crippen LogP contribution in [0.25, 0.3) is 10.9 Å². The number of hydrogen-bond donors (Lipinski definition) is 2. The summed E-state index contributed by atoms with van der Waals surface area (Å²) in [4.78, 5) is 18.6. The predicted molar refractivity (Wildman–Crippen MR) is 84.0 cm³/mol. The van der Waals surface area contributed by atoms with E-state index in [1.807, 2.05) is 0 Å². The van der Waals surface area contributed by atoms with Crippen molar-refractivity contribution < 1.29 is 19.4 Å². The fraction of sp³-hybridized carbons (Fsp3) is 0.125. The van der Waals surface area contributed by atoms with Crippen LogP contribution >= 0.6 is 0 Å². The molecule has 0 saturated carbocycles. The Hall–Kier alpha value is -3.42. The molecule has 3 heterocycles. The van der Waals surface area contributed by atoms with Gasteiger partial charge >= 0.3 is 0 Å². The molecule has 1 amide bonds. The lowest BCUT2D eigenvalue weighted by Gasteiger charge is -2.17. The number of pyridine rings is 1. The van der Waals surface area contributed by atoms with Gasteiger partial charge in [0.1, 0.15) is 13.2 Å². The number of aromatic nitrogens is 2. The van der Waals surface area contributed by atoms with Gasteiger partial charge in [-0.3, -0.25) is 9.78 Å². The predicted octanol–water partition coefficient (Wildman–Crippen LogP) is 2.96. The third kappa shape index (κ3) is 2.43. The molecule has 0 fully saturated rings. The second-order valence-corrected chi connectivity index (χ2v) is 5.11. The Balaban J connectivity index is 1.72. The zero-order valence-corrected chi connectivity index (χ0v) is 12.4. The number of carbonyl (C=O) groups is 1. The van der Waals surface area contributed by atoms with Gasteiger partial charge in [0.05, 0.1) is 11.1 Å². The summed E-state index contributed by atoms with van der Waals surface area (Å²) in [7, 11) is 0. The number of fused-ring (bicyclic) bond motifs is 2. The molecular formula is C16H12N4O4. The van der Waals surface area contributed by atoms with Crippen LogP contribution in [0, 0.1) is 0 Å². The first-order chi connectivity index (χ1) is 11.7. The number of azo groups is 1. The molecule has 2 aromatic heterocycles. The number of H-pyrrole nitrogens is 1. The van der Waals surface area contributed by atoms with E-state index in [4.69, 9.17) is 9.47 Å². The van der Waals surface area contributed by atoms with Crippen LogP contribution in [0.3, 0.4) is 0 Å². The lowest BCUT2D eigenvalue weighted by Crippen LogP contribution is -2.15. The Morgan fingerprint density at radius 2 is 2.04 bits per heavy atom. The lowest BCUT2D eigenvalue weighted by atomic mass is 10.2. The number of hydrogen-bond acceptors (Lipinski definition) is 6. The summed E-state index contributed by atoms with van der Waals surface area (Å²) in [6.07, 6.45) is 2.96. The number of benzene rings is 1. The van der Waals surface area contributed by atoms with Gasteiger partial charge in [-0.05, 0) is 18.2 Å². The number of amides is 1. The van der Waals surface area contributed by atoms with Crippen molar-refractivity contribution in [2.75, 3.05) is 13.2 Å². The molecule has 2 N–H and O–H groups in total. The van der Waals surface area contributed by atoms with Gasteiger partial charge in [-0.2, -0.15) is 0 Å². The van der Waals surface area contributed by atoms with Gasteiger partial charge in [-0.15, -0.1) is 10.2 Å². The van der Waals surface area contributed by atoms with Crippen LogP contribution in [0.1, 0.15) is 10.4 Å². The SMILES string of the molecule is O=C(N=Nc1c(O)[nH]c2cc3c(cc12)OCCO3)c1cccnc1. The van der Waals surface area contributed by atoms with Crippen LogP contribution in [-0.2, 0) is 0 Å². The maximum atomic E-state index is 12.0. The Kier molecular flexibility index (Phi) is 3.34. The van der Waals surface area contributed by atoms with Gasteiger partial charge in [0.15, 0.2) is 17.2 Å². The first-order valence-corrected chi connectivity index (χ1v) is 7.23. The smallest absolute Gasteiger partial charge is 0.296 e. The van der Waals surface area contributed by atoms with Crippen LogP contribution in [0.15, 0.2) is 46.9 Å². The Morgan fingerprint density at radius 3 is 2.79 bits per heavy atom. The maximum Gasteiger partial charge on any atom is 0.296 e. The van der Waals surface area contributed by atoms with E-state index in [9.17, 15) is 9.90 Å². The van der Waals surface area contributed by atoms with Crippen LogP contribution in [-0.4, -0.2) is 34.2 Å². The van der Waals surface area contributed by atoms with Gasteiger partial charge in [0.25, 0.3) is 5.91 Å². The molecule has 120 valence electrons. The molecule has 0 radical (unpaired) electrons. The second kappa shape index (κ2) is 5.65. The minimum Gasteiger partial charge on any atom is -0.493 e. The van der Waals surface area contributed by atoms with Crippen LogP contribution in [0.2, 0.25) is 0 Å². The van der Waals surface area contributed by atoms with Gasteiger partial charge in [0, 0.05) is 23.8 Å². The maximum absolute atomic E-state index is 12.0. The summed E-state index contributed by atoms with van der Waals surface area (Å²) in [6.45, 7) is 0.919. The number of nitrogens with zero attached hydrogens (tertiary/aromatic N) is 3. The topological polar surface area (TPSA) is 109 Å². The number of aromatic hydroxyl groups is 1. The summed E-state index contributed by atoms with van der Waals surface area (Å²) in [5.41, 5.74) is 1.09. The molecule has 4 rings (SSSR count). The van der Waals surface area contributed by atoms with E-state index in [0.717, 1.165) is 0 Å². The molecule has 3 aromatic rings. The number of carbonyl (C=O) groups excluding carboxylic acids is 1. The average molecular weight is 324 g/mol. The molecular weight excluding hydrogens is 312 g/mol. The fourth-order valence-corrected chi connectivity index (χ4v) is 2.45. The zero-order chi connectivity index (χ0) is 16.5. The number of aromatic amines is 1. The van der Waals surface area contributed by atoms with Crippen LogP contribution in [0.4, 0.5) is 5.69 Å². The average Bonchev–Trinajstić information content (AvgIpc) is 2.92. The molecule has 0 bridgehead atoms. The highest BCUT2D eigenvalue weighted by atomic mass is 16.6. The minimum atomic E-state index is -0.547. The van der Waals surface area contributed by atoms with E-state index in [0.29, 0.717) is 41.2 Å². The minimum absolute atomic E-state index is 0.166. The third-order valence-corrected chi connectivity index (χ3v) is 3.56. The van der Waals surface area contributed by atoms with Crippen molar-refractivity contribution in [3.63, 3.8) is 0 Å². The van der Waals surface area contributed by atoms with Gasteiger partial charge in [-0.25, -0.2) is 0 Å². The van der Waals surface area contributed by atoms with Crippen molar-refractivity contribution in [1.29, 1.82) is 0 Å². The number of nitrogens with one attached hydrogen (secondary N) is 1. The number of rotatable bonds is 2. The summed E-state index contributed by atoms with van der Waals surface area (Å²) in [5, 5.41) is 18.2. The lowest BCUT2D eigenvalue weighted by molar-refractivity contribution is 0.0994. The largest absolute Gasteiger partial charge is 0.493 e. The second-order valence-electron chi connectivity index (χ2n) is 5.11. The molecule has 0 atom stereocenters. The molecule has 0 spiro atoms. The molecule has 1 aliphatic rings. The molecule has 0 saturated heterocycles. The Labute approximate surface area is 135 Å². The van der Waals surface area contributed by atoms with E-state index in [1.54, 1.807) is 30.5 Å². The van der Waals surface area contributed by atoms with Crippen molar-refractivity contribution in [2.24, 2.45) is 10.2 Å².